The minimum absolute atomic E-state index is 0.927. The predicted octanol–water partition coefficient (Wildman–Crippen LogP) is 1.90. The molecular weight excluding hydrogens is 239 g/mol. The van der Waals surface area contributed by atoms with Crippen LogP contribution in [-0.4, -0.2) is 9.78 Å². The molecule has 1 aliphatic rings. The van der Waals surface area contributed by atoms with E-state index in [4.69, 9.17) is 0 Å². The van der Waals surface area contributed by atoms with Crippen LogP contribution in [0, 0.1) is 9.62 Å². The van der Waals surface area contributed by atoms with E-state index < -0.39 is 0 Å². The molecule has 1 saturated carbocycles. The third-order valence-electron chi connectivity index (χ3n) is 1.75. The molecule has 2 nitrogen and oxygen atoms in total. The van der Waals surface area contributed by atoms with Gasteiger partial charge in [0.1, 0.15) is 3.70 Å². The lowest BCUT2D eigenvalue weighted by atomic mass is 10.4. The van der Waals surface area contributed by atoms with Crippen LogP contribution < -0.4 is 0 Å². The van der Waals surface area contributed by atoms with Crippen molar-refractivity contribution in [2.24, 2.45) is 5.92 Å². The maximum atomic E-state index is 4.29. The van der Waals surface area contributed by atoms with E-state index in [0.717, 1.165) is 16.2 Å². The topological polar surface area (TPSA) is 17.8 Å². The van der Waals surface area contributed by atoms with Crippen molar-refractivity contribution < 1.29 is 0 Å². The zero-order valence-electron chi connectivity index (χ0n) is 5.63. The van der Waals surface area contributed by atoms with Crippen molar-refractivity contribution in [1.29, 1.82) is 0 Å². The summed E-state index contributed by atoms with van der Waals surface area (Å²) < 4.78 is 3.14. The minimum Gasteiger partial charge on any atom is -0.271 e. The predicted molar refractivity (Wildman–Crippen MR) is 47.7 cm³/mol. The normalized spacial score (nSPS) is 17.7. The van der Waals surface area contributed by atoms with Gasteiger partial charge in [-0.15, -0.1) is 0 Å². The Bertz CT molecular complexity index is 227. The lowest BCUT2D eigenvalue weighted by molar-refractivity contribution is 0.560. The molecule has 1 aromatic rings. The van der Waals surface area contributed by atoms with Crippen molar-refractivity contribution in [2.45, 2.75) is 19.4 Å². The minimum atomic E-state index is 0.927. The lowest BCUT2D eigenvalue weighted by Gasteiger charge is -1.95. The van der Waals surface area contributed by atoms with Crippen molar-refractivity contribution in [3.8, 4) is 0 Å². The smallest absolute Gasteiger partial charge is 0.123 e. The molecule has 0 spiro atoms. The zero-order valence-corrected chi connectivity index (χ0v) is 7.78. The van der Waals surface area contributed by atoms with Crippen LogP contribution in [0.4, 0.5) is 0 Å². The molecule has 0 amide bonds. The SMILES string of the molecule is Ic1ccn(CC2CC2)n1. The van der Waals surface area contributed by atoms with Crippen LogP contribution in [0.15, 0.2) is 12.3 Å². The molecule has 3 heteroatoms. The average molecular weight is 248 g/mol. The molecule has 0 unspecified atom stereocenters. The highest BCUT2D eigenvalue weighted by Gasteiger charge is 2.21. The Labute approximate surface area is 73.8 Å². The van der Waals surface area contributed by atoms with Crippen molar-refractivity contribution in [3.63, 3.8) is 0 Å². The zero-order chi connectivity index (χ0) is 6.97. The lowest BCUT2D eigenvalue weighted by Crippen LogP contribution is -1.99. The highest BCUT2D eigenvalue weighted by atomic mass is 127. The first-order valence-electron chi connectivity index (χ1n) is 3.53. The van der Waals surface area contributed by atoms with E-state index in [1.54, 1.807) is 0 Å². The van der Waals surface area contributed by atoms with Gasteiger partial charge in [-0.1, -0.05) is 0 Å². The largest absolute Gasteiger partial charge is 0.271 e. The molecule has 54 valence electrons. The molecule has 2 rings (SSSR count). The molecule has 1 heterocycles. The van der Waals surface area contributed by atoms with Gasteiger partial charge in [0, 0.05) is 12.7 Å². The Morgan fingerprint density at radius 2 is 2.50 bits per heavy atom. The second kappa shape index (κ2) is 2.53. The number of hydrogen-bond acceptors (Lipinski definition) is 1. The van der Waals surface area contributed by atoms with Crippen LogP contribution in [0.2, 0.25) is 0 Å². The second-order valence-corrected chi connectivity index (χ2v) is 3.91. The van der Waals surface area contributed by atoms with Crippen molar-refractivity contribution in [2.75, 3.05) is 0 Å². The van der Waals surface area contributed by atoms with Crippen LogP contribution in [0.1, 0.15) is 12.8 Å². The average Bonchev–Trinajstić information content (AvgIpc) is 2.59. The Hall–Kier alpha value is -0.0600. The van der Waals surface area contributed by atoms with Crippen LogP contribution in [0.25, 0.3) is 0 Å². The molecular formula is C7H9IN2. The maximum Gasteiger partial charge on any atom is 0.123 e. The Morgan fingerprint density at radius 1 is 1.70 bits per heavy atom. The van der Waals surface area contributed by atoms with Crippen LogP contribution in [-0.2, 0) is 6.54 Å². The number of halogens is 1. The summed E-state index contributed by atoms with van der Waals surface area (Å²) in [5, 5.41) is 4.29. The van der Waals surface area contributed by atoms with Gasteiger partial charge >= 0.3 is 0 Å². The first-order chi connectivity index (χ1) is 4.84. The van der Waals surface area contributed by atoms with Crippen molar-refractivity contribution in [1.82, 2.24) is 9.78 Å². The number of hydrogen-bond donors (Lipinski definition) is 0. The van der Waals surface area contributed by atoms with Gasteiger partial charge in [0.2, 0.25) is 0 Å². The summed E-state index contributed by atoms with van der Waals surface area (Å²) in [6.45, 7) is 1.13. The fourth-order valence-electron chi connectivity index (χ4n) is 1.00. The Kier molecular flexibility index (Phi) is 1.68. The maximum absolute atomic E-state index is 4.29. The van der Waals surface area contributed by atoms with E-state index in [-0.39, 0.29) is 0 Å². The number of aromatic nitrogens is 2. The standard InChI is InChI=1S/C7H9IN2/c8-7-3-4-10(9-7)5-6-1-2-6/h3-4,6H,1-2,5H2. The van der Waals surface area contributed by atoms with Crippen LogP contribution >= 0.6 is 22.6 Å². The van der Waals surface area contributed by atoms with Gasteiger partial charge in [0.15, 0.2) is 0 Å². The van der Waals surface area contributed by atoms with Gasteiger partial charge < -0.3 is 0 Å². The molecule has 0 aliphatic heterocycles. The van der Waals surface area contributed by atoms with Crippen LogP contribution in [0.5, 0.6) is 0 Å². The summed E-state index contributed by atoms with van der Waals surface area (Å²) in [6, 6.07) is 2.04. The molecule has 1 fully saturated rings. The van der Waals surface area contributed by atoms with E-state index in [1.165, 1.54) is 12.8 Å². The summed E-state index contributed by atoms with van der Waals surface area (Å²) >= 11 is 2.24. The summed E-state index contributed by atoms with van der Waals surface area (Å²) in [4.78, 5) is 0. The van der Waals surface area contributed by atoms with Gasteiger partial charge in [-0.3, -0.25) is 4.68 Å². The Balaban J connectivity index is 2.03. The highest BCUT2D eigenvalue weighted by molar-refractivity contribution is 14.1. The third kappa shape index (κ3) is 1.51. The van der Waals surface area contributed by atoms with E-state index in [0.29, 0.717) is 0 Å². The van der Waals surface area contributed by atoms with Gasteiger partial charge in [0.25, 0.3) is 0 Å². The molecule has 1 aromatic heterocycles. The summed E-state index contributed by atoms with van der Waals surface area (Å²) in [6.07, 6.45) is 4.85. The van der Waals surface area contributed by atoms with Crippen LogP contribution in [0.3, 0.4) is 0 Å². The monoisotopic (exact) mass is 248 g/mol. The first-order valence-corrected chi connectivity index (χ1v) is 4.61. The Morgan fingerprint density at radius 3 is 3.00 bits per heavy atom. The van der Waals surface area contributed by atoms with E-state index in [2.05, 4.69) is 33.9 Å². The number of nitrogens with zero attached hydrogens (tertiary/aromatic N) is 2. The molecule has 10 heavy (non-hydrogen) atoms. The van der Waals surface area contributed by atoms with Gasteiger partial charge in [-0.25, -0.2) is 0 Å². The third-order valence-corrected chi connectivity index (χ3v) is 2.33. The summed E-state index contributed by atoms with van der Waals surface area (Å²) in [5.41, 5.74) is 0. The fraction of sp³-hybridized carbons (Fsp3) is 0.571. The summed E-state index contributed by atoms with van der Waals surface area (Å²) in [5.74, 6) is 0.927. The highest BCUT2D eigenvalue weighted by Crippen LogP contribution is 2.30. The molecule has 0 atom stereocenters. The number of rotatable bonds is 2. The van der Waals surface area contributed by atoms with Gasteiger partial charge in [-0.2, -0.15) is 5.10 Å². The van der Waals surface area contributed by atoms with Crippen molar-refractivity contribution in [3.05, 3.63) is 16.0 Å². The quantitative estimate of drug-likeness (QED) is 0.731. The molecule has 1 aliphatic carbocycles. The van der Waals surface area contributed by atoms with E-state index >= 15 is 0 Å². The molecule has 0 aromatic carbocycles. The van der Waals surface area contributed by atoms with Gasteiger partial charge in [0.05, 0.1) is 0 Å². The van der Waals surface area contributed by atoms with E-state index in [1.807, 2.05) is 10.7 Å². The molecule has 0 bridgehead atoms. The fourth-order valence-corrected chi connectivity index (χ4v) is 1.44. The van der Waals surface area contributed by atoms with Gasteiger partial charge in [-0.05, 0) is 47.4 Å². The van der Waals surface area contributed by atoms with E-state index in [9.17, 15) is 0 Å². The van der Waals surface area contributed by atoms with Crippen molar-refractivity contribution >= 4 is 22.6 Å². The summed E-state index contributed by atoms with van der Waals surface area (Å²) in [7, 11) is 0. The first kappa shape index (κ1) is 6.64. The second-order valence-electron chi connectivity index (χ2n) is 2.80. The molecule has 0 N–H and O–H groups in total. The molecule has 0 radical (unpaired) electrons. The molecule has 0 saturated heterocycles.